The third-order valence-electron chi connectivity index (χ3n) is 17.7. The number of rotatable bonds is 9. The van der Waals surface area contributed by atoms with Crippen LogP contribution in [0.25, 0.3) is 11.4 Å². The number of hydrogen-bond acceptors (Lipinski definition) is 7. The molecule has 4 aliphatic carbocycles. The van der Waals surface area contributed by atoms with Crippen LogP contribution in [-0.4, -0.2) is 69.3 Å². The van der Waals surface area contributed by atoms with Gasteiger partial charge in [-0.15, -0.1) is 0 Å². The number of fused-ring (bicyclic) bond motifs is 3. The molecule has 7 rings (SSSR count). The van der Waals surface area contributed by atoms with Crippen LogP contribution in [0.3, 0.4) is 0 Å². The van der Waals surface area contributed by atoms with Crippen LogP contribution in [-0.2, 0) is 14.3 Å². The highest BCUT2D eigenvalue weighted by Crippen LogP contribution is 2.75. The van der Waals surface area contributed by atoms with E-state index in [2.05, 4.69) is 97.2 Å². The van der Waals surface area contributed by atoms with Crippen LogP contribution in [0.5, 0.6) is 0 Å². The van der Waals surface area contributed by atoms with Gasteiger partial charge in [0.15, 0.2) is 5.82 Å². The van der Waals surface area contributed by atoms with Crippen molar-refractivity contribution in [1.29, 1.82) is 0 Å². The molecule has 5 aliphatic rings. The standard InChI is InChI=1S/C45H69N5O4/c1-28(2)29(3)40(7)19-20-42(9)31-13-14-34-41(8)24-53-26-45(34,32(31)15-18-43(42,10)35(40)38(51)52)23-33(36(41)54-25-44(11,46-12)39(4,5)6)50-37(48-27-49-50)30-16-21-47-22-17-30/h15-17,21-22,27-29,31,33-36,46H,13-14,18-20,23-26H2,1-12H3,(H,51,52)/t29-,31+,33-,34+,35-,36+,40-,41?,42-,43+,44+,45+/m1/s1. The lowest BCUT2D eigenvalue weighted by Gasteiger charge is -2.71. The Kier molecular flexibility index (Phi) is 9.70. The van der Waals surface area contributed by atoms with Crippen LogP contribution >= 0.6 is 0 Å². The van der Waals surface area contributed by atoms with E-state index in [-0.39, 0.29) is 50.2 Å². The molecule has 1 saturated heterocycles. The molecule has 2 N–H and O–H groups in total. The van der Waals surface area contributed by atoms with Gasteiger partial charge in [0.2, 0.25) is 0 Å². The number of nitrogens with zero attached hydrogens (tertiary/aromatic N) is 4. The molecule has 3 saturated carbocycles. The Morgan fingerprint density at radius 1 is 1.06 bits per heavy atom. The van der Waals surface area contributed by atoms with Crippen LogP contribution in [0.2, 0.25) is 0 Å². The zero-order chi connectivity index (χ0) is 39.3. The summed E-state index contributed by atoms with van der Waals surface area (Å²) in [6, 6.07) is 3.94. The maximum atomic E-state index is 13.6. The van der Waals surface area contributed by atoms with Crippen molar-refractivity contribution >= 4 is 5.97 Å². The van der Waals surface area contributed by atoms with Gasteiger partial charge >= 0.3 is 5.97 Å². The fourth-order valence-corrected chi connectivity index (χ4v) is 13.2. The molecule has 0 aromatic carbocycles. The minimum atomic E-state index is -0.618. The summed E-state index contributed by atoms with van der Waals surface area (Å²) in [5, 5.41) is 19.8. The normalized spacial score (nSPS) is 40.8. The lowest BCUT2D eigenvalue weighted by molar-refractivity contribution is -0.253. The Labute approximate surface area is 324 Å². The van der Waals surface area contributed by atoms with Gasteiger partial charge < -0.3 is 19.9 Å². The quantitative estimate of drug-likeness (QED) is 0.245. The van der Waals surface area contributed by atoms with Crippen molar-refractivity contribution < 1.29 is 19.4 Å². The highest BCUT2D eigenvalue weighted by molar-refractivity contribution is 5.73. The lowest BCUT2D eigenvalue weighted by Crippen LogP contribution is -2.69. The van der Waals surface area contributed by atoms with Gasteiger partial charge in [-0.2, -0.15) is 5.10 Å². The lowest BCUT2D eigenvalue weighted by atomic mass is 9.34. The van der Waals surface area contributed by atoms with E-state index >= 15 is 0 Å². The van der Waals surface area contributed by atoms with E-state index in [4.69, 9.17) is 19.6 Å². The van der Waals surface area contributed by atoms with Gasteiger partial charge in [0.1, 0.15) is 6.33 Å². The molecule has 2 aromatic heterocycles. The van der Waals surface area contributed by atoms with E-state index in [1.54, 1.807) is 6.33 Å². The van der Waals surface area contributed by atoms with Gasteiger partial charge in [-0.1, -0.05) is 80.9 Å². The third kappa shape index (κ3) is 5.47. The molecule has 12 atom stereocenters. The summed E-state index contributed by atoms with van der Waals surface area (Å²) in [4.78, 5) is 22.7. The van der Waals surface area contributed by atoms with Crippen LogP contribution < -0.4 is 5.32 Å². The van der Waals surface area contributed by atoms with E-state index in [9.17, 15) is 9.90 Å². The van der Waals surface area contributed by atoms with Gasteiger partial charge in [-0.25, -0.2) is 9.67 Å². The van der Waals surface area contributed by atoms with E-state index in [0.29, 0.717) is 43.5 Å². The second-order valence-corrected chi connectivity index (χ2v) is 20.9. The number of nitrogens with one attached hydrogen (secondary N) is 1. The van der Waals surface area contributed by atoms with Crippen LogP contribution in [0, 0.1) is 62.1 Å². The topological polar surface area (TPSA) is 111 Å². The molecular weight excluding hydrogens is 675 g/mol. The first-order valence-corrected chi connectivity index (χ1v) is 20.9. The Balaban J connectivity index is 1.35. The number of ether oxygens (including phenoxy) is 2. The second-order valence-electron chi connectivity index (χ2n) is 20.9. The van der Waals surface area contributed by atoms with Crippen molar-refractivity contribution in [3.05, 3.63) is 42.5 Å². The number of hydrogen-bond donors (Lipinski definition) is 2. The van der Waals surface area contributed by atoms with Gasteiger partial charge in [0.25, 0.3) is 0 Å². The molecule has 298 valence electrons. The molecule has 2 aromatic rings. The summed E-state index contributed by atoms with van der Waals surface area (Å²) in [5.74, 6) is 1.19. The number of carbonyl (C=O) groups is 1. The predicted octanol–water partition coefficient (Wildman–Crippen LogP) is 8.88. The SMILES string of the molecule is CN[C@@](C)(CO[C@H]1[C@H](n2ncnc2-c2ccncc2)C[C@@]23COCC1(C)[C@@H]2CC[C@H]1C3=CC[C@@]2(C)[C@H](C(=O)O)[C@@](C)([C@H](C)C(C)C)CC[C@]12C)C(C)(C)C. The number of likely N-dealkylation sites (N-methyl/N-ethyl adjacent to an activating group) is 1. The Hall–Kier alpha value is -2.62. The first-order chi connectivity index (χ1) is 25.2. The summed E-state index contributed by atoms with van der Waals surface area (Å²) in [7, 11) is 2.04. The van der Waals surface area contributed by atoms with Gasteiger partial charge in [0.05, 0.1) is 37.9 Å². The molecule has 9 heteroatoms. The zero-order valence-corrected chi connectivity index (χ0v) is 35.3. The predicted molar refractivity (Wildman–Crippen MR) is 213 cm³/mol. The monoisotopic (exact) mass is 744 g/mol. The molecule has 3 heterocycles. The highest BCUT2D eigenvalue weighted by Gasteiger charge is 2.72. The average molecular weight is 744 g/mol. The maximum absolute atomic E-state index is 13.6. The highest BCUT2D eigenvalue weighted by atomic mass is 16.5. The Morgan fingerprint density at radius 2 is 1.76 bits per heavy atom. The molecule has 0 amide bonds. The molecule has 9 nitrogen and oxygen atoms in total. The van der Waals surface area contributed by atoms with Crippen LogP contribution in [0.15, 0.2) is 42.5 Å². The minimum absolute atomic E-state index is 0.0427. The van der Waals surface area contributed by atoms with Crippen LogP contribution in [0.1, 0.15) is 121 Å². The second kappa shape index (κ2) is 13.2. The summed E-state index contributed by atoms with van der Waals surface area (Å²) < 4.78 is 16.4. The molecule has 0 radical (unpaired) electrons. The molecular formula is C45H69N5O4. The number of allylic oxidation sites excluding steroid dienone is 1. The number of carboxylic acid groups (broad SMARTS) is 1. The summed E-state index contributed by atoms with van der Waals surface area (Å²) in [6.45, 7) is 27.3. The van der Waals surface area contributed by atoms with Crippen molar-refractivity contribution in [2.45, 2.75) is 132 Å². The Morgan fingerprint density at radius 3 is 2.39 bits per heavy atom. The van der Waals surface area contributed by atoms with Crippen molar-refractivity contribution in [3.8, 4) is 11.4 Å². The summed E-state index contributed by atoms with van der Waals surface area (Å²) in [5.41, 5.74) is 0.923. The summed E-state index contributed by atoms with van der Waals surface area (Å²) in [6.07, 6.45) is 13.5. The molecule has 2 bridgehead atoms. The van der Waals surface area contributed by atoms with Crippen molar-refractivity contribution in [1.82, 2.24) is 25.1 Å². The molecule has 0 spiro atoms. The maximum Gasteiger partial charge on any atom is 0.307 e. The van der Waals surface area contributed by atoms with E-state index in [1.807, 2.05) is 31.6 Å². The molecule has 4 fully saturated rings. The molecule has 1 aliphatic heterocycles. The number of pyridine rings is 1. The fourth-order valence-electron chi connectivity index (χ4n) is 13.2. The van der Waals surface area contributed by atoms with Gasteiger partial charge in [0, 0.05) is 34.3 Å². The fraction of sp³-hybridized carbons (Fsp3) is 0.778. The first kappa shape index (κ1) is 39.6. The van der Waals surface area contributed by atoms with Crippen LogP contribution in [0.4, 0.5) is 0 Å². The van der Waals surface area contributed by atoms with E-state index in [1.165, 1.54) is 5.57 Å². The van der Waals surface area contributed by atoms with Crippen molar-refractivity contribution in [2.75, 3.05) is 26.9 Å². The largest absolute Gasteiger partial charge is 0.481 e. The third-order valence-corrected chi connectivity index (χ3v) is 17.7. The van der Waals surface area contributed by atoms with Crippen molar-refractivity contribution in [2.24, 2.45) is 62.1 Å². The first-order valence-electron chi connectivity index (χ1n) is 20.9. The van der Waals surface area contributed by atoms with E-state index < -0.39 is 11.9 Å². The number of carboxylic acids is 1. The smallest absolute Gasteiger partial charge is 0.307 e. The Bertz CT molecular complexity index is 1750. The van der Waals surface area contributed by atoms with Gasteiger partial charge in [-0.05, 0) is 110 Å². The number of aromatic nitrogens is 4. The molecule has 1 unspecified atom stereocenters. The minimum Gasteiger partial charge on any atom is -0.481 e. The summed E-state index contributed by atoms with van der Waals surface area (Å²) >= 11 is 0. The van der Waals surface area contributed by atoms with Crippen molar-refractivity contribution in [3.63, 3.8) is 0 Å². The van der Waals surface area contributed by atoms with E-state index in [0.717, 1.165) is 49.9 Å². The molecule has 54 heavy (non-hydrogen) atoms. The van der Waals surface area contributed by atoms with Gasteiger partial charge in [-0.3, -0.25) is 9.78 Å². The average Bonchev–Trinajstić information content (AvgIpc) is 3.60. The zero-order valence-electron chi connectivity index (χ0n) is 35.3. The number of aliphatic carboxylic acids is 1.